The topological polar surface area (TPSA) is 62.7 Å². The van der Waals surface area contributed by atoms with E-state index in [4.69, 9.17) is 4.74 Å². The summed E-state index contributed by atoms with van der Waals surface area (Å²) in [7, 11) is -0.501. The summed E-state index contributed by atoms with van der Waals surface area (Å²) >= 11 is 0. The number of nitrogens with zero attached hydrogens (tertiary/aromatic N) is 3. The Bertz CT molecular complexity index is 1130. The zero-order chi connectivity index (χ0) is 19.9. The van der Waals surface area contributed by atoms with Crippen LogP contribution in [0.15, 0.2) is 65.7 Å². The highest BCUT2D eigenvalue weighted by Gasteiger charge is 2.34. The molecule has 1 aliphatic rings. The lowest BCUT2D eigenvalue weighted by atomic mass is 10.1. The fraction of sp³-hybridized carbons (Fsp3) is 0.190. The van der Waals surface area contributed by atoms with Crippen molar-refractivity contribution in [3.05, 3.63) is 71.9 Å². The van der Waals surface area contributed by atoms with E-state index >= 15 is 0 Å². The SMILES string of the molecule is COc1ccc(CN2c3cc(C)ccc3N(C)S(=O)(=O)c3cccnc32)cc1. The van der Waals surface area contributed by atoms with Gasteiger partial charge in [0.2, 0.25) is 0 Å². The van der Waals surface area contributed by atoms with Crippen LogP contribution in [0.1, 0.15) is 11.1 Å². The quantitative estimate of drug-likeness (QED) is 0.674. The predicted molar refractivity (Wildman–Crippen MR) is 110 cm³/mol. The molecule has 4 rings (SSSR count). The molecule has 3 aromatic rings. The van der Waals surface area contributed by atoms with Crippen LogP contribution >= 0.6 is 0 Å². The number of fused-ring (bicyclic) bond motifs is 2. The van der Waals surface area contributed by atoms with Crippen LogP contribution in [0.2, 0.25) is 0 Å². The van der Waals surface area contributed by atoms with Gasteiger partial charge < -0.3 is 9.64 Å². The van der Waals surface area contributed by atoms with E-state index in [1.807, 2.05) is 54.3 Å². The van der Waals surface area contributed by atoms with E-state index in [0.717, 1.165) is 22.6 Å². The van der Waals surface area contributed by atoms with Gasteiger partial charge in [0.15, 0.2) is 5.82 Å². The monoisotopic (exact) mass is 395 g/mol. The van der Waals surface area contributed by atoms with E-state index in [0.29, 0.717) is 18.1 Å². The van der Waals surface area contributed by atoms with E-state index in [1.54, 1.807) is 32.5 Å². The molecule has 144 valence electrons. The molecule has 0 unspecified atom stereocenters. The van der Waals surface area contributed by atoms with Crippen LogP contribution in [0.3, 0.4) is 0 Å². The minimum atomic E-state index is -3.71. The first kappa shape index (κ1) is 18.3. The van der Waals surface area contributed by atoms with Crippen molar-refractivity contribution in [1.82, 2.24) is 4.98 Å². The van der Waals surface area contributed by atoms with E-state index in [-0.39, 0.29) is 4.90 Å². The van der Waals surface area contributed by atoms with Gasteiger partial charge in [-0.3, -0.25) is 4.31 Å². The molecule has 1 aliphatic heterocycles. The summed E-state index contributed by atoms with van der Waals surface area (Å²) < 4.78 is 33.0. The van der Waals surface area contributed by atoms with Gasteiger partial charge in [0.05, 0.1) is 18.5 Å². The number of sulfonamides is 1. The van der Waals surface area contributed by atoms with Crippen LogP contribution in [0.4, 0.5) is 17.2 Å². The van der Waals surface area contributed by atoms with Gasteiger partial charge in [0.25, 0.3) is 10.0 Å². The first-order valence-corrected chi connectivity index (χ1v) is 10.3. The zero-order valence-corrected chi connectivity index (χ0v) is 16.8. The Morgan fingerprint density at radius 3 is 2.50 bits per heavy atom. The molecule has 2 heterocycles. The predicted octanol–water partition coefficient (Wildman–Crippen LogP) is 3.88. The van der Waals surface area contributed by atoms with Crippen molar-refractivity contribution in [3.8, 4) is 5.75 Å². The third-order valence-corrected chi connectivity index (χ3v) is 6.70. The lowest BCUT2D eigenvalue weighted by Crippen LogP contribution is -2.25. The molecule has 0 N–H and O–H groups in total. The number of aromatic nitrogens is 1. The number of benzene rings is 2. The van der Waals surface area contributed by atoms with Gasteiger partial charge in [-0.1, -0.05) is 18.2 Å². The van der Waals surface area contributed by atoms with E-state index in [9.17, 15) is 8.42 Å². The van der Waals surface area contributed by atoms with Gasteiger partial charge in [-0.2, -0.15) is 0 Å². The molecule has 0 saturated heterocycles. The molecule has 28 heavy (non-hydrogen) atoms. The summed E-state index contributed by atoms with van der Waals surface area (Å²) in [5, 5.41) is 0. The van der Waals surface area contributed by atoms with Gasteiger partial charge in [0.1, 0.15) is 10.6 Å². The Kier molecular flexibility index (Phi) is 4.47. The van der Waals surface area contributed by atoms with E-state index in [1.165, 1.54) is 4.31 Å². The molecule has 0 fully saturated rings. The zero-order valence-electron chi connectivity index (χ0n) is 16.0. The molecular weight excluding hydrogens is 374 g/mol. The molecule has 7 heteroatoms. The lowest BCUT2D eigenvalue weighted by molar-refractivity contribution is 0.414. The van der Waals surface area contributed by atoms with Gasteiger partial charge in [-0.15, -0.1) is 0 Å². The Balaban J connectivity index is 1.93. The van der Waals surface area contributed by atoms with Crippen molar-refractivity contribution in [2.75, 3.05) is 23.4 Å². The maximum Gasteiger partial charge on any atom is 0.267 e. The second kappa shape index (κ2) is 6.83. The standard InChI is InChI=1S/C21H21N3O3S/c1-15-6-11-18-19(13-15)24(14-16-7-9-17(27-3)10-8-16)21-20(5-4-12-22-21)28(25,26)23(18)2/h4-13H,14H2,1-3H3. The Hall–Kier alpha value is -3.06. The molecule has 0 bridgehead atoms. The number of hydrogen-bond acceptors (Lipinski definition) is 5. The molecule has 0 saturated carbocycles. The van der Waals surface area contributed by atoms with Gasteiger partial charge >= 0.3 is 0 Å². The van der Waals surface area contributed by atoms with E-state index in [2.05, 4.69) is 4.98 Å². The highest BCUT2D eigenvalue weighted by molar-refractivity contribution is 7.93. The van der Waals surface area contributed by atoms with Crippen LogP contribution < -0.4 is 13.9 Å². The molecular formula is C21H21N3O3S. The number of rotatable bonds is 3. The summed E-state index contributed by atoms with van der Waals surface area (Å²) in [6.07, 6.45) is 1.62. The van der Waals surface area contributed by atoms with Gasteiger partial charge in [0, 0.05) is 19.8 Å². The first-order chi connectivity index (χ1) is 13.4. The summed E-state index contributed by atoms with van der Waals surface area (Å²) in [5.74, 6) is 1.20. The van der Waals surface area contributed by atoms with Crippen molar-refractivity contribution in [3.63, 3.8) is 0 Å². The third kappa shape index (κ3) is 2.97. The number of aryl methyl sites for hydroxylation is 1. The first-order valence-electron chi connectivity index (χ1n) is 8.87. The smallest absolute Gasteiger partial charge is 0.267 e. The molecule has 0 radical (unpaired) electrons. The van der Waals surface area contributed by atoms with Crippen LogP contribution in [0, 0.1) is 6.92 Å². The van der Waals surface area contributed by atoms with Crippen molar-refractivity contribution < 1.29 is 13.2 Å². The van der Waals surface area contributed by atoms with Crippen LogP contribution in [-0.4, -0.2) is 27.6 Å². The van der Waals surface area contributed by atoms with Gasteiger partial charge in [-0.05, 0) is 54.4 Å². The van der Waals surface area contributed by atoms with E-state index < -0.39 is 10.0 Å². The second-order valence-electron chi connectivity index (χ2n) is 6.72. The maximum absolute atomic E-state index is 13.2. The highest BCUT2D eigenvalue weighted by atomic mass is 32.2. The fourth-order valence-electron chi connectivity index (χ4n) is 3.37. The maximum atomic E-state index is 13.2. The Morgan fingerprint density at radius 2 is 1.79 bits per heavy atom. The van der Waals surface area contributed by atoms with Crippen LogP contribution in [0.5, 0.6) is 5.75 Å². The summed E-state index contributed by atoms with van der Waals surface area (Å²) in [6.45, 7) is 2.47. The number of ether oxygens (including phenoxy) is 1. The normalized spacial score (nSPS) is 14.8. The number of hydrogen-bond donors (Lipinski definition) is 0. The Labute approximate surface area is 165 Å². The highest BCUT2D eigenvalue weighted by Crippen LogP contribution is 2.43. The summed E-state index contributed by atoms with van der Waals surface area (Å²) in [6, 6.07) is 16.7. The van der Waals surface area contributed by atoms with Crippen LogP contribution in [-0.2, 0) is 16.6 Å². The molecule has 1 aromatic heterocycles. The number of anilines is 3. The second-order valence-corrected chi connectivity index (χ2v) is 8.66. The third-order valence-electron chi connectivity index (χ3n) is 4.91. The number of methoxy groups -OCH3 is 1. The van der Waals surface area contributed by atoms with Crippen molar-refractivity contribution in [1.29, 1.82) is 0 Å². The molecule has 0 spiro atoms. The minimum absolute atomic E-state index is 0.194. The summed E-state index contributed by atoms with van der Waals surface area (Å²) in [4.78, 5) is 6.60. The molecule has 0 aliphatic carbocycles. The Morgan fingerprint density at radius 1 is 1.04 bits per heavy atom. The van der Waals surface area contributed by atoms with Crippen molar-refractivity contribution in [2.45, 2.75) is 18.4 Å². The number of pyridine rings is 1. The summed E-state index contributed by atoms with van der Waals surface area (Å²) in [5.41, 5.74) is 3.49. The molecule has 0 atom stereocenters. The molecule has 0 amide bonds. The average molecular weight is 395 g/mol. The minimum Gasteiger partial charge on any atom is -0.497 e. The molecule has 2 aromatic carbocycles. The molecule has 6 nitrogen and oxygen atoms in total. The fourth-order valence-corrected chi connectivity index (χ4v) is 4.72. The lowest BCUT2D eigenvalue weighted by Gasteiger charge is -2.26. The largest absolute Gasteiger partial charge is 0.497 e. The van der Waals surface area contributed by atoms with Crippen molar-refractivity contribution in [2.24, 2.45) is 0 Å². The average Bonchev–Trinajstić information content (AvgIpc) is 2.77. The van der Waals surface area contributed by atoms with Gasteiger partial charge in [-0.25, -0.2) is 13.4 Å². The van der Waals surface area contributed by atoms with Crippen LogP contribution in [0.25, 0.3) is 0 Å². The van der Waals surface area contributed by atoms with Crippen molar-refractivity contribution >= 4 is 27.2 Å².